The molecule has 0 aliphatic carbocycles. The third-order valence-electron chi connectivity index (χ3n) is 4.01. The molecule has 1 amide bonds. The van der Waals surface area contributed by atoms with E-state index < -0.39 is 6.10 Å². The number of benzene rings is 3. The third-order valence-corrected chi connectivity index (χ3v) is 4.01. The maximum Gasteiger partial charge on any atom is 0.265 e. The molecule has 140 valence electrons. The van der Waals surface area contributed by atoms with Crippen molar-refractivity contribution in [2.75, 3.05) is 5.32 Å². The van der Waals surface area contributed by atoms with Gasteiger partial charge in [0.1, 0.15) is 18.1 Å². The fraction of sp³-hybridized carbons (Fsp3) is 0.130. The van der Waals surface area contributed by atoms with E-state index in [1.165, 1.54) is 0 Å². The topological polar surface area (TPSA) is 71.3 Å². The molecule has 3 aromatic carbocycles. The zero-order valence-corrected chi connectivity index (χ0v) is 15.5. The molecule has 0 spiro atoms. The van der Waals surface area contributed by atoms with Gasteiger partial charge < -0.3 is 14.8 Å². The molecule has 1 N–H and O–H groups in total. The normalized spacial score (nSPS) is 11.1. The lowest BCUT2D eigenvalue weighted by Gasteiger charge is -2.15. The van der Waals surface area contributed by atoms with Crippen LogP contribution in [0.3, 0.4) is 0 Å². The summed E-state index contributed by atoms with van der Waals surface area (Å²) in [6.07, 6.45) is -0.693. The van der Waals surface area contributed by atoms with Crippen molar-refractivity contribution in [3.05, 3.63) is 90.0 Å². The Labute approximate surface area is 164 Å². The van der Waals surface area contributed by atoms with Crippen LogP contribution >= 0.6 is 0 Å². The van der Waals surface area contributed by atoms with Crippen LogP contribution in [-0.2, 0) is 11.4 Å². The van der Waals surface area contributed by atoms with Crippen LogP contribution in [0.5, 0.6) is 11.5 Å². The molecule has 28 heavy (non-hydrogen) atoms. The Morgan fingerprint density at radius 2 is 1.71 bits per heavy atom. The van der Waals surface area contributed by atoms with Crippen LogP contribution in [0.4, 0.5) is 5.69 Å². The summed E-state index contributed by atoms with van der Waals surface area (Å²) in [5.74, 6) is 1.00. The van der Waals surface area contributed by atoms with Gasteiger partial charge in [-0.25, -0.2) is 0 Å². The lowest BCUT2D eigenvalue weighted by atomic mass is 10.2. The van der Waals surface area contributed by atoms with Crippen LogP contribution in [-0.4, -0.2) is 12.0 Å². The summed E-state index contributed by atoms with van der Waals surface area (Å²) in [6.45, 7) is 2.16. The second-order valence-electron chi connectivity index (χ2n) is 6.19. The molecule has 0 saturated carbocycles. The molecule has 0 fully saturated rings. The number of rotatable bonds is 7. The van der Waals surface area contributed by atoms with Crippen LogP contribution in [0.25, 0.3) is 0 Å². The number of anilines is 1. The van der Waals surface area contributed by atoms with Crippen LogP contribution in [0, 0.1) is 11.3 Å². The van der Waals surface area contributed by atoms with Crippen LogP contribution in [0.2, 0.25) is 0 Å². The highest BCUT2D eigenvalue weighted by molar-refractivity contribution is 5.94. The van der Waals surface area contributed by atoms with Gasteiger partial charge in [0.15, 0.2) is 6.10 Å². The van der Waals surface area contributed by atoms with Crippen molar-refractivity contribution in [3.63, 3.8) is 0 Å². The molecular weight excluding hydrogens is 352 g/mol. The van der Waals surface area contributed by atoms with Gasteiger partial charge in [0, 0.05) is 5.69 Å². The van der Waals surface area contributed by atoms with Crippen LogP contribution < -0.4 is 14.8 Å². The number of carbonyl (C=O) groups excluding carboxylic acids is 1. The number of nitriles is 1. The van der Waals surface area contributed by atoms with Gasteiger partial charge in [-0.15, -0.1) is 0 Å². The predicted molar refractivity (Wildman–Crippen MR) is 107 cm³/mol. The highest BCUT2D eigenvalue weighted by atomic mass is 16.5. The molecule has 0 aliphatic heterocycles. The van der Waals surface area contributed by atoms with E-state index in [1.54, 1.807) is 55.5 Å². The molecular formula is C23H20N2O3. The predicted octanol–water partition coefficient (Wildman–Crippen LogP) is 4.54. The maximum absolute atomic E-state index is 12.3. The Morgan fingerprint density at radius 3 is 2.43 bits per heavy atom. The van der Waals surface area contributed by atoms with Crippen molar-refractivity contribution in [1.29, 1.82) is 5.26 Å². The number of hydrogen-bond acceptors (Lipinski definition) is 4. The second kappa shape index (κ2) is 9.24. The van der Waals surface area contributed by atoms with Crippen molar-refractivity contribution in [2.24, 2.45) is 0 Å². The lowest BCUT2D eigenvalue weighted by molar-refractivity contribution is -0.122. The van der Waals surface area contributed by atoms with Gasteiger partial charge in [0.2, 0.25) is 0 Å². The molecule has 0 radical (unpaired) electrons. The largest absolute Gasteiger partial charge is 0.489 e. The Balaban J connectivity index is 1.52. The quantitative estimate of drug-likeness (QED) is 0.661. The molecule has 0 saturated heterocycles. The summed E-state index contributed by atoms with van der Waals surface area (Å²) in [5.41, 5.74) is 2.13. The summed E-state index contributed by atoms with van der Waals surface area (Å²) < 4.78 is 11.4. The zero-order chi connectivity index (χ0) is 19.8. The van der Waals surface area contributed by atoms with E-state index in [0.717, 1.165) is 11.3 Å². The standard InChI is InChI=1S/C23H20N2O3/c1-17(23(26)25-20-9-5-8-19(14-20)15-24)28-22-12-10-21(11-13-22)27-16-18-6-3-2-4-7-18/h2-14,17H,16H2,1H3,(H,25,26). The van der Waals surface area contributed by atoms with Gasteiger partial charge in [0.25, 0.3) is 5.91 Å². The average Bonchev–Trinajstić information content (AvgIpc) is 2.74. The first-order valence-corrected chi connectivity index (χ1v) is 8.88. The summed E-state index contributed by atoms with van der Waals surface area (Å²) in [6, 6.07) is 25.8. The van der Waals surface area contributed by atoms with Gasteiger partial charge in [-0.05, 0) is 55.0 Å². The van der Waals surface area contributed by atoms with E-state index in [4.69, 9.17) is 14.7 Å². The zero-order valence-electron chi connectivity index (χ0n) is 15.5. The first-order valence-electron chi connectivity index (χ1n) is 8.88. The Kier molecular flexibility index (Phi) is 6.27. The minimum atomic E-state index is -0.693. The minimum Gasteiger partial charge on any atom is -0.489 e. The van der Waals surface area contributed by atoms with E-state index in [2.05, 4.69) is 5.32 Å². The lowest BCUT2D eigenvalue weighted by Crippen LogP contribution is -2.30. The van der Waals surface area contributed by atoms with Gasteiger partial charge >= 0.3 is 0 Å². The number of nitrogens with one attached hydrogen (secondary N) is 1. The highest BCUT2D eigenvalue weighted by Gasteiger charge is 2.15. The van der Waals surface area contributed by atoms with E-state index in [1.807, 2.05) is 36.4 Å². The Hall–Kier alpha value is -3.78. The molecule has 1 unspecified atom stereocenters. The van der Waals surface area contributed by atoms with Crippen LogP contribution in [0.1, 0.15) is 18.1 Å². The van der Waals surface area contributed by atoms with Crippen molar-refractivity contribution in [1.82, 2.24) is 0 Å². The van der Waals surface area contributed by atoms with Gasteiger partial charge in [-0.2, -0.15) is 5.26 Å². The van der Waals surface area contributed by atoms with E-state index in [9.17, 15) is 4.79 Å². The van der Waals surface area contributed by atoms with Gasteiger partial charge in [0.05, 0.1) is 11.6 Å². The number of hydrogen-bond donors (Lipinski definition) is 1. The molecule has 0 bridgehead atoms. The minimum absolute atomic E-state index is 0.292. The highest BCUT2D eigenvalue weighted by Crippen LogP contribution is 2.20. The Bertz CT molecular complexity index is 963. The first-order chi connectivity index (χ1) is 13.6. The van der Waals surface area contributed by atoms with Crippen molar-refractivity contribution >= 4 is 11.6 Å². The molecule has 5 nitrogen and oxygen atoms in total. The fourth-order valence-electron chi connectivity index (χ4n) is 2.52. The molecule has 0 aliphatic rings. The molecule has 1 atom stereocenters. The maximum atomic E-state index is 12.3. The Morgan fingerprint density at radius 1 is 1.00 bits per heavy atom. The van der Waals surface area contributed by atoms with E-state index in [0.29, 0.717) is 23.6 Å². The van der Waals surface area contributed by atoms with E-state index >= 15 is 0 Å². The molecule has 5 heteroatoms. The summed E-state index contributed by atoms with van der Waals surface area (Å²) >= 11 is 0. The van der Waals surface area contributed by atoms with Crippen LogP contribution in [0.15, 0.2) is 78.9 Å². The smallest absolute Gasteiger partial charge is 0.265 e. The number of ether oxygens (including phenoxy) is 2. The summed E-state index contributed by atoms with van der Waals surface area (Å²) in [4.78, 5) is 12.3. The average molecular weight is 372 g/mol. The third kappa shape index (κ3) is 5.36. The van der Waals surface area contributed by atoms with Gasteiger partial charge in [-0.1, -0.05) is 36.4 Å². The van der Waals surface area contributed by atoms with Gasteiger partial charge in [-0.3, -0.25) is 4.79 Å². The number of amides is 1. The van der Waals surface area contributed by atoms with E-state index in [-0.39, 0.29) is 5.91 Å². The summed E-state index contributed by atoms with van der Waals surface area (Å²) in [5, 5.41) is 11.7. The monoisotopic (exact) mass is 372 g/mol. The SMILES string of the molecule is CC(Oc1ccc(OCc2ccccc2)cc1)C(=O)Nc1cccc(C#N)c1. The molecule has 0 heterocycles. The van der Waals surface area contributed by atoms with Crippen molar-refractivity contribution < 1.29 is 14.3 Å². The first kappa shape index (κ1) is 19.0. The fourth-order valence-corrected chi connectivity index (χ4v) is 2.52. The second-order valence-corrected chi connectivity index (χ2v) is 6.19. The molecule has 0 aromatic heterocycles. The van der Waals surface area contributed by atoms with Crippen molar-refractivity contribution in [3.8, 4) is 17.6 Å². The number of nitrogens with zero attached hydrogens (tertiary/aromatic N) is 1. The molecule has 3 rings (SSSR count). The number of carbonyl (C=O) groups is 1. The molecule has 3 aromatic rings. The summed E-state index contributed by atoms with van der Waals surface area (Å²) in [7, 11) is 0. The van der Waals surface area contributed by atoms with Crippen molar-refractivity contribution in [2.45, 2.75) is 19.6 Å².